The molecule has 0 unspecified atom stereocenters. The Morgan fingerprint density at radius 2 is 2.22 bits per heavy atom. The van der Waals surface area contributed by atoms with Gasteiger partial charge < -0.3 is 9.64 Å². The third kappa shape index (κ3) is 3.23. The lowest BCUT2D eigenvalue weighted by molar-refractivity contribution is 0.0730. The van der Waals surface area contributed by atoms with E-state index < -0.39 is 0 Å². The van der Waals surface area contributed by atoms with Gasteiger partial charge in [-0.2, -0.15) is 5.26 Å². The molecular weight excluding hydrogens is 296 g/mol. The smallest absolute Gasteiger partial charge is 0.256 e. The molecule has 1 aromatic carbocycles. The molecule has 5 heteroatoms. The maximum atomic E-state index is 12.4. The fourth-order valence-electron chi connectivity index (χ4n) is 1.52. The molecule has 0 aliphatic rings. The van der Waals surface area contributed by atoms with Crippen LogP contribution in [0.2, 0.25) is 0 Å². The van der Waals surface area contributed by atoms with E-state index in [-0.39, 0.29) is 18.5 Å². The first-order chi connectivity index (χ1) is 8.51. The predicted octanol–water partition coefficient (Wildman–Crippen LogP) is 2.83. The summed E-state index contributed by atoms with van der Waals surface area (Å²) in [7, 11) is 1.55. The Bertz CT molecular complexity index is 480. The summed E-state index contributed by atoms with van der Waals surface area (Å²) in [4.78, 5) is 13.9. The number of methoxy groups -OCH3 is 1. The van der Waals surface area contributed by atoms with Crippen LogP contribution in [0.5, 0.6) is 5.75 Å². The average molecular weight is 311 g/mol. The Balaban J connectivity index is 3.12. The summed E-state index contributed by atoms with van der Waals surface area (Å²) in [5, 5.41) is 8.77. The van der Waals surface area contributed by atoms with E-state index in [1.807, 2.05) is 19.9 Å². The first-order valence-corrected chi connectivity index (χ1v) is 6.32. The van der Waals surface area contributed by atoms with Crippen LogP contribution in [-0.2, 0) is 0 Å². The number of nitriles is 1. The number of benzene rings is 1. The molecule has 0 aliphatic carbocycles. The zero-order chi connectivity index (χ0) is 13.7. The van der Waals surface area contributed by atoms with Gasteiger partial charge in [0.2, 0.25) is 0 Å². The minimum atomic E-state index is -0.183. The molecule has 0 saturated carbocycles. The van der Waals surface area contributed by atoms with Gasteiger partial charge in [-0.15, -0.1) is 0 Å². The number of rotatable bonds is 4. The number of carbonyl (C=O) groups is 1. The second-order valence-corrected chi connectivity index (χ2v) is 4.89. The number of ether oxygens (including phenoxy) is 1. The minimum Gasteiger partial charge on any atom is -0.497 e. The van der Waals surface area contributed by atoms with Crippen molar-refractivity contribution in [3.63, 3.8) is 0 Å². The van der Waals surface area contributed by atoms with Crippen LogP contribution in [0.1, 0.15) is 24.2 Å². The summed E-state index contributed by atoms with van der Waals surface area (Å²) < 4.78 is 5.80. The Morgan fingerprint density at radius 1 is 1.56 bits per heavy atom. The van der Waals surface area contributed by atoms with Crippen molar-refractivity contribution in [2.24, 2.45) is 0 Å². The maximum absolute atomic E-state index is 12.4. The van der Waals surface area contributed by atoms with E-state index in [0.717, 1.165) is 0 Å². The third-order valence-corrected chi connectivity index (χ3v) is 3.22. The molecular formula is C13H15BrN2O2. The van der Waals surface area contributed by atoms with Gasteiger partial charge in [-0.3, -0.25) is 4.79 Å². The van der Waals surface area contributed by atoms with Crippen LogP contribution >= 0.6 is 15.9 Å². The highest BCUT2D eigenvalue weighted by molar-refractivity contribution is 9.10. The minimum absolute atomic E-state index is 0.0322. The van der Waals surface area contributed by atoms with Crippen molar-refractivity contribution in [2.45, 2.75) is 19.9 Å². The molecule has 0 fully saturated rings. The van der Waals surface area contributed by atoms with Gasteiger partial charge in [-0.1, -0.05) is 0 Å². The van der Waals surface area contributed by atoms with Crippen molar-refractivity contribution in [1.29, 1.82) is 5.26 Å². The van der Waals surface area contributed by atoms with Crippen molar-refractivity contribution in [3.05, 3.63) is 28.2 Å². The van der Waals surface area contributed by atoms with Gasteiger partial charge in [-0.05, 0) is 48.0 Å². The Morgan fingerprint density at radius 3 is 2.72 bits per heavy atom. The summed E-state index contributed by atoms with van der Waals surface area (Å²) in [6.07, 6.45) is 0. The third-order valence-electron chi connectivity index (χ3n) is 2.53. The zero-order valence-corrected chi connectivity index (χ0v) is 12.2. The number of halogens is 1. The molecule has 1 aromatic rings. The van der Waals surface area contributed by atoms with Gasteiger partial charge in [-0.25, -0.2) is 0 Å². The fraction of sp³-hybridized carbons (Fsp3) is 0.385. The number of nitrogens with zero attached hydrogens (tertiary/aromatic N) is 2. The normalized spacial score (nSPS) is 10.0. The molecule has 0 radical (unpaired) electrons. The fourth-order valence-corrected chi connectivity index (χ4v) is 1.93. The molecule has 0 aromatic heterocycles. The molecule has 96 valence electrons. The highest BCUT2D eigenvalue weighted by Crippen LogP contribution is 2.24. The SMILES string of the molecule is COc1ccc(Br)c(C(=O)N(CC#N)C(C)C)c1. The number of hydrogen-bond acceptors (Lipinski definition) is 3. The molecule has 0 heterocycles. The average Bonchev–Trinajstić information content (AvgIpc) is 2.35. The van der Waals surface area contributed by atoms with Crippen molar-refractivity contribution >= 4 is 21.8 Å². The Hall–Kier alpha value is -1.54. The summed E-state index contributed by atoms with van der Waals surface area (Å²) in [5.74, 6) is 0.430. The van der Waals surface area contributed by atoms with Gasteiger partial charge >= 0.3 is 0 Å². The van der Waals surface area contributed by atoms with Crippen LogP contribution in [0.15, 0.2) is 22.7 Å². The summed E-state index contributed by atoms with van der Waals surface area (Å²) in [6, 6.07) is 7.17. The van der Waals surface area contributed by atoms with Crippen molar-refractivity contribution < 1.29 is 9.53 Å². The van der Waals surface area contributed by atoms with Gasteiger partial charge in [0.25, 0.3) is 5.91 Å². The second-order valence-electron chi connectivity index (χ2n) is 4.03. The van der Waals surface area contributed by atoms with Gasteiger partial charge in [0.05, 0.1) is 18.7 Å². The monoisotopic (exact) mass is 310 g/mol. The van der Waals surface area contributed by atoms with E-state index in [4.69, 9.17) is 10.00 Å². The van der Waals surface area contributed by atoms with Crippen LogP contribution in [-0.4, -0.2) is 30.5 Å². The topological polar surface area (TPSA) is 53.3 Å². The summed E-state index contributed by atoms with van der Waals surface area (Å²) in [5.41, 5.74) is 0.498. The lowest BCUT2D eigenvalue weighted by atomic mass is 10.1. The highest BCUT2D eigenvalue weighted by atomic mass is 79.9. The van der Waals surface area contributed by atoms with Crippen LogP contribution in [0.4, 0.5) is 0 Å². The largest absolute Gasteiger partial charge is 0.497 e. The van der Waals surface area contributed by atoms with Crippen LogP contribution in [0.25, 0.3) is 0 Å². The standard InChI is InChI=1S/C13H15BrN2O2/c1-9(2)16(7-6-15)13(17)11-8-10(18-3)4-5-12(11)14/h4-5,8-9H,7H2,1-3H3. The Kier molecular flexibility index (Phi) is 5.17. The van der Waals surface area contributed by atoms with Gasteiger partial charge in [0.1, 0.15) is 12.3 Å². The Labute approximate surface area is 115 Å². The first-order valence-electron chi connectivity index (χ1n) is 5.52. The van der Waals surface area contributed by atoms with Crippen LogP contribution in [0.3, 0.4) is 0 Å². The highest BCUT2D eigenvalue weighted by Gasteiger charge is 2.21. The van der Waals surface area contributed by atoms with Crippen molar-refractivity contribution in [3.8, 4) is 11.8 Å². The number of amides is 1. The van der Waals surface area contributed by atoms with Gasteiger partial charge in [0, 0.05) is 10.5 Å². The van der Waals surface area contributed by atoms with Gasteiger partial charge in [0.15, 0.2) is 0 Å². The molecule has 1 amide bonds. The molecule has 0 atom stereocenters. The molecule has 0 saturated heterocycles. The molecule has 18 heavy (non-hydrogen) atoms. The molecule has 0 bridgehead atoms. The number of hydrogen-bond donors (Lipinski definition) is 0. The van der Waals surface area contributed by atoms with E-state index >= 15 is 0 Å². The van der Waals surface area contributed by atoms with E-state index in [1.165, 1.54) is 4.90 Å². The summed E-state index contributed by atoms with van der Waals surface area (Å²) >= 11 is 3.34. The maximum Gasteiger partial charge on any atom is 0.256 e. The van der Waals surface area contributed by atoms with Crippen molar-refractivity contribution in [1.82, 2.24) is 4.90 Å². The predicted molar refractivity (Wildman–Crippen MR) is 72.5 cm³/mol. The lowest BCUT2D eigenvalue weighted by Crippen LogP contribution is -2.37. The van der Waals surface area contributed by atoms with E-state index in [0.29, 0.717) is 15.8 Å². The molecule has 0 N–H and O–H groups in total. The van der Waals surface area contributed by atoms with Crippen molar-refractivity contribution in [2.75, 3.05) is 13.7 Å². The van der Waals surface area contributed by atoms with E-state index in [9.17, 15) is 4.79 Å². The van der Waals surface area contributed by atoms with E-state index in [2.05, 4.69) is 15.9 Å². The van der Waals surface area contributed by atoms with Crippen LogP contribution in [0, 0.1) is 11.3 Å². The second kappa shape index (κ2) is 6.41. The lowest BCUT2D eigenvalue weighted by Gasteiger charge is -2.24. The molecule has 0 aliphatic heterocycles. The number of carbonyl (C=O) groups excluding carboxylic acids is 1. The molecule has 0 spiro atoms. The quantitative estimate of drug-likeness (QED) is 0.804. The zero-order valence-electron chi connectivity index (χ0n) is 10.6. The van der Waals surface area contributed by atoms with E-state index in [1.54, 1.807) is 25.3 Å². The molecule has 1 rings (SSSR count). The first kappa shape index (κ1) is 14.5. The molecule has 4 nitrogen and oxygen atoms in total. The summed E-state index contributed by atoms with van der Waals surface area (Å²) in [6.45, 7) is 3.83. The van der Waals surface area contributed by atoms with Crippen LogP contribution < -0.4 is 4.74 Å².